The van der Waals surface area contributed by atoms with Gasteiger partial charge in [0.05, 0.1) is 16.8 Å². The van der Waals surface area contributed by atoms with Crippen molar-refractivity contribution in [3.63, 3.8) is 0 Å². The number of hydrogen-bond donors (Lipinski definition) is 0. The number of aryl methyl sites for hydroxylation is 2. The fourth-order valence-corrected chi connectivity index (χ4v) is 3.52. The first-order valence-corrected chi connectivity index (χ1v) is 10.2. The number of benzene rings is 3. The van der Waals surface area contributed by atoms with Gasteiger partial charge in [-0.3, -0.25) is 4.99 Å². The van der Waals surface area contributed by atoms with E-state index in [-0.39, 0.29) is 12.4 Å². The van der Waals surface area contributed by atoms with Crippen LogP contribution in [0.4, 0.5) is 10.1 Å². The van der Waals surface area contributed by atoms with Gasteiger partial charge >= 0.3 is 0 Å². The lowest BCUT2D eigenvalue weighted by molar-refractivity contribution is 0.267. The molecule has 3 aromatic carbocycles. The fourth-order valence-electron chi connectivity index (χ4n) is 2.94. The number of ether oxygens (including phenoxy) is 2. The van der Waals surface area contributed by atoms with Gasteiger partial charge in [-0.1, -0.05) is 29.8 Å². The van der Waals surface area contributed by atoms with E-state index >= 15 is 0 Å². The maximum Gasteiger partial charge on any atom is 0.175 e. The Bertz CT molecular complexity index is 1030. The summed E-state index contributed by atoms with van der Waals surface area (Å²) in [7, 11) is 0. The monoisotopic (exact) mass is 455 g/mol. The van der Waals surface area contributed by atoms with Crippen LogP contribution in [0.5, 0.6) is 11.5 Å². The molecule has 3 nitrogen and oxygen atoms in total. The third-order valence-corrected chi connectivity index (χ3v) is 4.90. The number of nitrogens with zero attached hydrogens (tertiary/aromatic N) is 1. The highest BCUT2D eigenvalue weighted by molar-refractivity contribution is 9.10. The Kier molecular flexibility index (Phi) is 7.04. The van der Waals surface area contributed by atoms with Crippen LogP contribution in [0.15, 0.2) is 64.1 Å². The van der Waals surface area contributed by atoms with E-state index in [9.17, 15) is 4.39 Å². The molecular formula is C24H23BrFNO2. The van der Waals surface area contributed by atoms with Crippen molar-refractivity contribution in [1.82, 2.24) is 0 Å². The van der Waals surface area contributed by atoms with Gasteiger partial charge in [0.25, 0.3) is 0 Å². The molecule has 150 valence electrons. The van der Waals surface area contributed by atoms with Crippen LogP contribution in [0.1, 0.15) is 29.2 Å². The smallest absolute Gasteiger partial charge is 0.175 e. The summed E-state index contributed by atoms with van der Waals surface area (Å²) in [6.45, 7) is 6.77. The Morgan fingerprint density at radius 1 is 1.03 bits per heavy atom. The Morgan fingerprint density at radius 3 is 2.59 bits per heavy atom. The fraction of sp³-hybridized carbons (Fsp3) is 0.208. The summed E-state index contributed by atoms with van der Waals surface area (Å²) < 4.78 is 25.8. The molecule has 3 aromatic rings. The number of hydrogen-bond acceptors (Lipinski definition) is 3. The molecule has 29 heavy (non-hydrogen) atoms. The molecule has 0 aromatic heterocycles. The quantitative estimate of drug-likeness (QED) is 0.361. The molecule has 0 amide bonds. The number of rotatable bonds is 7. The van der Waals surface area contributed by atoms with E-state index in [0.717, 1.165) is 26.9 Å². The molecule has 0 spiro atoms. The molecule has 0 saturated carbocycles. The second-order valence-corrected chi connectivity index (χ2v) is 7.58. The third-order valence-electron chi connectivity index (χ3n) is 4.31. The van der Waals surface area contributed by atoms with Crippen molar-refractivity contribution < 1.29 is 13.9 Å². The van der Waals surface area contributed by atoms with E-state index in [4.69, 9.17) is 9.47 Å². The topological polar surface area (TPSA) is 30.8 Å². The second kappa shape index (κ2) is 9.70. The molecule has 0 radical (unpaired) electrons. The average Bonchev–Trinajstić information content (AvgIpc) is 2.67. The van der Waals surface area contributed by atoms with E-state index in [2.05, 4.69) is 33.9 Å². The summed E-state index contributed by atoms with van der Waals surface area (Å²) in [5.41, 5.74) is 4.90. The minimum absolute atomic E-state index is 0.242. The van der Waals surface area contributed by atoms with Crippen LogP contribution >= 0.6 is 15.9 Å². The highest BCUT2D eigenvalue weighted by atomic mass is 79.9. The maximum atomic E-state index is 13.4. The zero-order valence-corrected chi connectivity index (χ0v) is 18.3. The van der Waals surface area contributed by atoms with E-state index in [1.165, 1.54) is 17.7 Å². The molecule has 0 bridgehead atoms. The standard InChI is InChI=1S/C24H23BrFNO2/c1-4-28-23-13-19(14-27-22-9-8-16(2)10-17(22)3)12-21(25)24(23)29-15-18-6-5-7-20(26)11-18/h5-14H,4,15H2,1-3H3. The molecule has 0 atom stereocenters. The first-order chi connectivity index (χ1) is 14.0. The zero-order valence-electron chi connectivity index (χ0n) is 16.7. The zero-order chi connectivity index (χ0) is 20.8. The first-order valence-electron chi connectivity index (χ1n) is 9.41. The second-order valence-electron chi connectivity index (χ2n) is 6.73. The lowest BCUT2D eigenvalue weighted by Gasteiger charge is -2.15. The van der Waals surface area contributed by atoms with Crippen LogP contribution in [0.2, 0.25) is 0 Å². The van der Waals surface area contributed by atoms with Crippen molar-refractivity contribution in [2.75, 3.05) is 6.61 Å². The Balaban J connectivity index is 1.84. The van der Waals surface area contributed by atoms with Gasteiger partial charge in [0.1, 0.15) is 12.4 Å². The van der Waals surface area contributed by atoms with Crippen LogP contribution in [0.25, 0.3) is 0 Å². The Hall–Kier alpha value is -2.66. The largest absolute Gasteiger partial charge is 0.490 e. The molecule has 0 saturated heterocycles. The van der Waals surface area contributed by atoms with Crippen LogP contribution < -0.4 is 9.47 Å². The van der Waals surface area contributed by atoms with Crippen molar-refractivity contribution in [3.8, 4) is 11.5 Å². The van der Waals surface area contributed by atoms with E-state index in [0.29, 0.717) is 18.1 Å². The molecule has 0 aliphatic carbocycles. The summed E-state index contributed by atoms with van der Waals surface area (Å²) in [5, 5.41) is 0. The predicted molar refractivity (Wildman–Crippen MR) is 119 cm³/mol. The SMILES string of the molecule is CCOc1cc(C=Nc2ccc(C)cc2C)cc(Br)c1OCc1cccc(F)c1. The van der Waals surface area contributed by atoms with Crippen LogP contribution in [0, 0.1) is 19.7 Å². The Morgan fingerprint density at radius 2 is 1.86 bits per heavy atom. The van der Waals surface area contributed by atoms with Crippen molar-refractivity contribution in [1.29, 1.82) is 0 Å². The number of halogens is 2. The first kappa shape index (κ1) is 21.1. The molecule has 0 unspecified atom stereocenters. The highest BCUT2D eigenvalue weighted by Gasteiger charge is 2.12. The lowest BCUT2D eigenvalue weighted by atomic mass is 10.1. The van der Waals surface area contributed by atoms with Gasteiger partial charge < -0.3 is 9.47 Å². The molecule has 0 fully saturated rings. The van der Waals surface area contributed by atoms with Gasteiger partial charge in [-0.25, -0.2) is 4.39 Å². The van der Waals surface area contributed by atoms with Crippen LogP contribution in [-0.4, -0.2) is 12.8 Å². The summed E-state index contributed by atoms with van der Waals surface area (Å²) in [6.07, 6.45) is 1.81. The Labute approximate surface area is 179 Å². The minimum Gasteiger partial charge on any atom is -0.490 e. The molecule has 3 rings (SSSR count). The predicted octanol–water partition coefficient (Wildman–Crippen LogP) is 6.93. The van der Waals surface area contributed by atoms with Gasteiger partial charge in [0.15, 0.2) is 11.5 Å². The summed E-state index contributed by atoms with van der Waals surface area (Å²) >= 11 is 3.57. The van der Waals surface area contributed by atoms with Crippen LogP contribution in [0.3, 0.4) is 0 Å². The molecule has 0 N–H and O–H groups in total. The summed E-state index contributed by atoms with van der Waals surface area (Å²) in [4.78, 5) is 4.61. The minimum atomic E-state index is -0.284. The van der Waals surface area contributed by atoms with Crippen molar-refractivity contribution in [2.45, 2.75) is 27.4 Å². The molecular weight excluding hydrogens is 433 g/mol. The van der Waals surface area contributed by atoms with E-state index in [1.54, 1.807) is 12.3 Å². The molecule has 0 heterocycles. The van der Waals surface area contributed by atoms with Crippen molar-refractivity contribution in [2.24, 2.45) is 4.99 Å². The average molecular weight is 456 g/mol. The lowest BCUT2D eigenvalue weighted by Crippen LogP contribution is -2.01. The summed E-state index contributed by atoms with van der Waals surface area (Å²) in [5.74, 6) is 0.910. The van der Waals surface area contributed by atoms with Crippen molar-refractivity contribution >= 4 is 27.8 Å². The normalized spacial score (nSPS) is 11.1. The van der Waals surface area contributed by atoms with Gasteiger partial charge in [-0.15, -0.1) is 0 Å². The number of aliphatic imine (C=N–C) groups is 1. The van der Waals surface area contributed by atoms with E-state index < -0.39 is 0 Å². The van der Waals surface area contributed by atoms with E-state index in [1.807, 2.05) is 44.2 Å². The van der Waals surface area contributed by atoms with Gasteiger partial charge in [-0.05, 0) is 83.7 Å². The highest BCUT2D eigenvalue weighted by Crippen LogP contribution is 2.37. The summed E-state index contributed by atoms with van der Waals surface area (Å²) in [6, 6.07) is 16.3. The van der Waals surface area contributed by atoms with Crippen LogP contribution in [-0.2, 0) is 6.61 Å². The van der Waals surface area contributed by atoms with Gasteiger partial charge in [-0.2, -0.15) is 0 Å². The molecule has 0 aliphatic heterocycles. The van der Waals surface area contributed by atoms with Crippen molar-refractivity contribution in [3.05, 3.63) is 87.1 Å². The van der Waals surface area contributed by atoms with Gasteiger partial charge in [0.2, 0.25) is 0 Å². The van der Waals surface area contributed by atoms with Gasteiger partial charge in [0, 0.05) is 6.21 Å². The third kappa shape index (κ3) is 5.67. The molecule has 5 heteroatoms. The molecule has 0 aliphatic rings. The maximum absolute atomic E-state index is 13.4.